The molecule has 0 saturated heterocycles. The number of aromatic nitrogens is 1. The van der Waals surface area contributed by atoms with Gasteiger partial charge in [-0.15, -0.1) is 0 Å². The van der Waals surface area contributed by atoms with Crippen molar-refractivity contribution in [2.24, 2.45) is 0 Å². The lowest BCUT2D eigenvalue weighted by Crippen LogP contribution is -2.30. The molecule has 24 heavy (non-hydrogen) atoms. The average molecular weight is 392 g/mol. The van der Waals surface area contributed by atoms with E-state index in [1.54, 1.807) is 0 Å². The highest BCUT2D eigenvalue weighted by molar-refractivity contribution is 6.38. The first-order chi connectivity index (χ1) is 11.5. The molecule has 9 heteroatoms. The molecule has 0 fully saturated rings. The van der Waals surface area contributed by atoms with E-state index in [2.05, 4.69) is 20.9 Å². The Morgan fingerprint density at radius 1 is 1.08 bits per heavy atom. The second-order valence-corrected chi connectivity index (χ2v) is 6.05. The van der Waals surface area contributed by atoms with Gasteiger partial charge >= 0.3 is 6.03 Å². The van der Waals surface area contributed by atoms with Crippen LogP contribution in [0.5, 0.6) is 0 Å². The van der Waals surface area contributed by atoms with Gasteiger partial charge < -0.3 is 16.0 Å². The predicted molar refractivity (Wildman–Crippen MR) is 95.8 cm³/mol. The molecule has 128 valence electrons. The maximum absolute atomic E-state index is 13.2. The largest absolute Gasteiger partial charge is 0.382 e. The molecule has 0 spiro atoms. The molecule has 1 heterocycles. The van der Waals surface area contributed by atoms with E-state index in [9.17, 15) is 9.18 Å². The van der Waals surface area contributed by atoms with Crippen molar-refractivity contribution < 1.29 is 9.18 Å². The van der Waals surface area contributed by atoms with E-state index < -0.39 is 11.8 Å². The number of carbonyl (C=O) groups excluding carboxylic acids is 1. The van der Waals surface area contributed by atoms with Crippen LogP contribution in [0.1, 0.15) is 6.42 Å². The lowest BCUT2D eigenvalue weighted by atomic mass is 10.3. The normalized spacial score (nSPS) is 10.3. The Kier molecular flexibility index (Phi) is 6.90. The Labute approximate surface area is 153 Å². The lowest BCUT2D eigenvalue weighted by molar-refractivity contribution is 0.252. The van der Waals surface area contributed by atoms with E-state index in [4.69, 9.17) is 34.8 Å². The number of anilines is 2. The van der Waals surface area contributed by atoms with Crippen molar-refractivity contribution in [3.63, 3.8) is 0 Å². The highest BCUT2D eigenvalue weighted by Gasteiger charge is 2.06. The number of pyridine rings is 1. The maximum atomic E-state index is 13.2. The second-order valence-electron chi connectivity index (χ2n) is 4.80. The lowest BCUT2D eigenvalue weighted by Gasteiger charge is -2.11. The van der Waals surface area contributed by atoms with Crippen LogP contribution < -0.4 is 16.0 Å². The van der Waals surface area contributed by atoms with E-state index in [0.717, 1.165) is 6.07 Å². The van der Waals surface area contributed by atoms with Crippen molar-refractivity contribution >= 4 is 52.2 Å². The number of halogens is 4. The van der Waals surface area contributed by atoms with Gasteiger partial charge in [0.2, 0.25) is 0 Å². The Bertz CT molecular complexity index is 689. The van der Waals surface area contributed by atoms with Crippen LogP contribution in [0.4, 0.5) is 20.6 Å². The van der Waals surface area contributed by atoms with Crippen LogP contribution >= 0.6 is 34.8 Å². The number of nitrogens with one attached hydrogen (secondary N) is 3. The van der Waals surface area contributed by atoms with Gasteiger partial charge in [-0.2, -0.15) is 0 Å². The molecule has 1 aromatic carbocycles. The predicted octanol–water partition coefficient (Wildman–Crippen LogP) is 4.80. The SMILES string of the molecule is O=C(NCCCNc1c(Cl)cncc1Cl)Nc1cc(F)cc(Cl)c1. The summed E-state index contributed by atoms with van der Waals surface area (Å²) < 4.78 is 13.2. The van der Waals surface area contributed by atoms with Crippen LogP contribution in [0.2, 0.25) is 15.1 Å². The third-order valence-electron chi connectivity index (χ3n) is 2.91. The molecule has 0 radical (unpaired) electrons. The van der Waals surface area contributed by atoms with Crippen LogP contribution in [-0.4, -0.2) is 24.1 Å². The summed E-state index contributed by atoms with van der Waals surface area (Å²) in [4.78, 5) is 15.6. The smallest absolute Gasteiger partial charge is 0.319 e. The molecule has 5 nitrogen and oxygen atoms in total. The zero-order valence-corrected chi connectivity index (χ0v) is 14.6. The standard InChI is InChI=1S/C15H14Cl3FN4O/c16-9-4-10(19)6-11(5-9)23-15(24)22-3-1-2-21-14-12(17)7-20-8-13(14)18/h4-8H,1-3H2,(H,20,21)(H2,22,23,24). The number of benzene rings is 1. The van der Waals surface area contributed by atoms with E-state index >= 15 is 0 Å². The highest BCUT2D eigenvalue weighted by atomic mass is 35.5. The van der Waals surface area contributed by atoms with Crippen molar-refractivity contribution in [1.29, 1.82) is 0 Å². The maximum Gasteiger partial charge on any atom is 0.319 e. The summed E-state index contributed by atoms with van der Waals surface area (Å²) >= 11 is 17.7. The third-order valence-corrected chi connectivity index (χ3v) is 3.71. The molecule has 0 aliphatic heterocycles. The molecule has 0 bridgehead atoms. The molecule has 2 aromatic rings. The summed E-state index contributed by atoms with van der Waals surface area (Å²) in [6, 6.07) is 3.35. The van der Waals surface area contributed by atoms with Gasteiger partial charge in [0, 0.05) is 36.2 Å². The van der Waals surface area contributed by atoms with Crippen molar-refractivity contribution in [1.82, 2.24) is 10.3 Å². The van der Waals surface area contributed by atoms with Gasteiger partial charge in [-0.25, -0.2) is 9.18 Å². The van der Waals surface area contributed by atoms with Crippen molar-refractivity contribution in [2.45, 2.75) is 6.42 Å². The van der Waals surface area contributed by atoms with Crippen LogP contribution in [0.15, 0.2) is 30.6 Å². The molecular formula is C15H14Cl3FN4O. The average Bonchev–Trinajstić information content (AvgIpc) is 2.48. The first-order valence-corrected chi connectivity index (χ1v) is 8.13. The van der Waals surface area contributed by atoms with Gasteiger partial charge in [-0.1, -0.05) is 34.8 Å². The van der Waals surface area contributed by atoms with Gasteiger partial charge in [0.15, 0.2) is 0 Å². The van der Waals surface area contributed by atoms with Gasteiger partial charge in [0.05, 0.1) is 15.7 Å². The quantitative estimate of drug-likeness (QED) is 0.619. The first-order valence-electron chi connectivity index (χ1n) is 6.99. The highest BCUT2D eigenvalue weighted by Crippen LogP contribution is 2.28. The number of rotatable bonds is 6. The Balaban J connectivity index is 1.71. The zero-order chi connectivity index (χ0) is 17.5. The van der Waals surface area contributed by atoms with Crippen LogP contribution in [-0.2, 0) is 0 Å². The molecular weight excluding hydrogens is 378 g/mol. The minimum absolute atomic E-state index is 0.209. The molecule has 0 aliphatic rings. The van der Waals surface area contributed by atoms with E-state index in [1.807, 2.05) is 0 Å². The minimum atomic E-state index is -0.520. The molecule has 3 N–H and O–H groups in total. The number of amides is 2. The molecule has 2 rings (SSSR count). The van der Waals surface area contributed by atoms with Crippen LogP contribution in [0.3, 0.4) is 0 Å². The fourth-order valence-electron chi connectivity index (χ4n) is 1.89. The molecule has 0 atom stereocenters. The van der Waals surface area contributed by atoms with E-state index in [1.165, 1.54) is 24.5 Å². The molecule has 0 aliphatic carbocycles. The van der Waals surface area contributed by atoms with Gasteiger partial charge in [0.25, 0.3) is 0 Å². The Morgan fingerprint density at radius 3 is 2.46 bits per heavy atom. The van der Waals surface area contributed by atoms with Crippen LogP contribution in [0, 0.1) is 5.82 Å². The van der Waals surface area contributed by atoms with Crippen molar-refractivity contribution in [2.75, 3.05) is 23.7 Å². The molecule has 2 amide bonds. The monoisotopic (exact) mass is 390 g/mol. The van der Waals surface area contributed by atoms with E-state index in [0.29, 0.717) is 35.2 Å². The molecule has 1 aromatic heterocycles. The number of carbonyl (C=O) groups is 1. The number of urea groups is 1. The van der Waals surface area contributed by atoms with Gasteiger partial charge in [-0.05, 0) is 24.6 Å². The fraction of sp³-hybridized carbons (Fsp3) is 0.200. The summed E-state index contributed by atoms with van der Waals surface area (Å²) in [6.45, 7) is 0.956. The zero-order valence-electron chi connectivity index (χ0n) is 12.4. The minimum Gasteiger partial charge on any atom is -0.382 e. The topological polar surface area (TPSA) is 66.0 Å². The van der Waals surface area contributed by atoms with Crippen LogP contribution in [0.25, 0.3) is 0 Å². The summed E-state index contributed by atoms with van der Waals surface area (Å²) in [7, 11) is 0. The third kappa shape index (κ3) is 5.70. The van der Waals surface area contributed by atoms with Crippen molar-refractivity contribution in [3.8, 4) is 0 Å². The fourth-order valence-corrected chi connectivity index (χ4v) is 2.61. The second kappa shape index (κ2) is 8.92. The van der Waals surface area contributed by atoms with Crippen molar-refractivity contribution in [3.05, 3.63) is 51.5 Å². The number of nitrogens with zero attached hydrogens (tertiary/aromatic N) is 1. The molecule has 0 unspecified atom stereocenters. The number of hydrogen-bond donors (Lipinski definition) is 3. The Hall–Kier alpha value is -1.76. The summed E-state index contributed by atoms with van der Waals surface area (Å²) in [5.41, 5.74) is 0.887. The summed E-state index contributed by atoms with van der Waals surface area (Å²) in [5, 5.41) is 9.30. The van der Waals surface area contributed by atoms with Gasteiger partial charge in [-0.3, -0.25) is 4.98 Å². The van der Waals surface area contributed by atoms with Gasteiger partial charge in [0.1, 0.15) is 5.82 Å². The summed E-state index contributed by atoms with van der Waals surface area (Å²) in [5.74, 6) is -0.520. The number of hydrogen-bond acceptors (Lipinski definition) is 3. The molecule has 0 saturated carbocycles. The van der Waals surface area contributed by atoms with E-state index in [-0.39, 0.29) is 10.7 Å². The first kappa shape index (κ1) is 18.6. The Morgan fingerprint density at radius 2 is 1.79 bits per heavy atom. The summed E-state index contributed by atoms with van der Waals surface area (Å²) in [6.07, 6.45) is 3.61.